The molecular weight excluding hydrogens is 257 g/mol. The first-order valence-corrected chi connectivity index (χ1v) is 7.35. The van der Waals surface area contributed by atoms with Crippen molar-refractivity contribution in [2.24, 2.45) is 5.92 Å². The maximum atomic E-state index is 13.9. The summed E-state index contributed by atoms with van der Waals surface area (Å²) in [5.41, 5.74) is 0.926. The lowest BCUT2D eigenvalue weighted by Gasteiger charge is -2.28. The van der Waals surface area contributed by atoms with Gasteiger partial charge in [-0.05, 0) is 43.0 Å². The molecule has 3 nitrogen and oxygen atoms in total. The van der Waals surface area contributed by atoms with E-state index in [4.69, 9.17) is 9.47 Å². The summed E-state index contributed by atoms with van der Waals surface area (Å²) in [6, 6.07) is 5.20. The van der Waals surface area contributed by atoms with Crippen molar-refractivity contribution in [3.8, 4) is 5.75 Å². The Morgan fingerprint density at radius 2 is 2.30 bits per heavy atom. The minimum absolute atomic E-state index is 0.0351. The van der Waals surface area contributed by atoms with Gasteiger partial charge in [0.2, 0.25) is 0 Å². The average molecular weight is 281 g/mol. The van der Waals surface area contributed by atoms with E-state index in [9.17, 15) is 4.39 Å². The molecule has 0 aromatic heterocycles. The fourth-order valence-electron chi connectivity index (χ4n) is 2.74. The van der Waals surface area contributed by atoms with E-state index in [0.29, 0.717) is 5.92 Å². The highest BCUT2D eigenvalue weighted by Gasteiger charge is 2.33. The first-order valence-electron chi connectivity index (χ1n) is 7.35. The van der Waals surface area contributed by atoms with Gasteiger partial charge >= 0.3 is 0 Å². The predicted molar refractivity (Wildman–Crippen MR) is 77.5 cm³/mol. The first-order chi connectivity index (χ1) is 9.67. The van der Waals surface area contributed by atoms with Gasteiger partial charge in [0, 0.05) is 6.61 Å². The second kappa shape index (κ2) is 7.04. The van der Waals surface area contributed by atoms with Gasteiger partial charge in [0.05, 0.1) is 19.3 Å². The van der Waals surface area contributed by atoms with Crippen molar-refractivity contribution in [2.45, 2.75) is 38.8 Å². The van der Waals surface area contributed by atoms with Crippen molar-refractivity contribution in [1.82, 2.24) is 5.32 Å². The molecule has 1 aliphatic heterocycles. The molecule has 20 heavy (non-hydrogen) atoms. The zero-order valence-electron chi connectivity index (χ0n) is 12.5. The van der Waals surface area contributed by atoms with Gasteiger partial charge in [0.1, 0.15) is 0 Å². The fourth-order valence-corrected chi connectivity index (χ4v) is 2.74. The normalized spacial score (nSPS) is 23.8. The van der Waals surface area contributed by atoms with Gasteiger partial charge in [-0.2, -0.15) is 0 Å². The van der Waals surface area contributed by atoms with Crippen molar-refractivity contribution in [3.63, 3.8) is 0 Å². The van der Waals surface area contributed by atoms with Crippen molar-refractivity contribution >= 4 is 0 Å². The van der Waals surface area contributed by atoms with E-state index in [1.807, 2.05) is 6.07 Å². The molecule has 1 saturated heterocycles. The van der Waals surface area contributed by atoms with E-state index < -0.39 is 0 Å². The fraction of sp³-hybridized carbons (Fsp3) is 0.625. The number of hydrogen-bond acceptors (Lipinski definition) is 3. The smallest absolute Gasteiger partial charge is 0.165 e. The van der Waals surface area contributed by atoms with E-state index >= 15 is 0 Å². The van der Waals surface area contributed by atoms with Crippen molar-refractivity contribution < 1.29 is 13.9 Å². The summed E-state index contributed by atoms with van der Waals surface area (Å²) in [5.74, 6) is 0.442. The molecule has 0 aliphatic carbocycles. The largest absolute Gasteiger partial charge is 0.494 e. The maximum Gasteiger partial charge on any atom is 0.165 e. The third-order valence-corrected chi connectivity index (χ3v) is 3.92. The number of nitrogens with one attached hydrogen (secondary N) is 1. The lowest BCUT2D eigenvalue weighted by molar-refractivity contribution is 0.0606. The monoisotopic (exact) mass is 281 g/mol. The molecule has 112 valence electrons. The van der Waals surface area contributed by atoms with Crippen LogP contribution < -0.4 is 10.1 Å². The average Bonchev–Trinajstić information content (AvgIpc) is 2.86. The SMILES string of the molecule is CCCNC(c1ccc(OC)c(F)c1)C1OCCC1C. The maximum absolute atomic E-state index is 13.9. The molecule has 0 saturated carbocycles. The standard InChI is InChI=1S/C16H24FNO2/c1-4-8-18-15(16-11(2)7-9-20-16)12-5-6-14(19-3)13(17)10-12/h5-6,10-11,15-16,18H,4,7-9H2,1-3H3. The Bertz CT molecular complexity index is 438. The summed E-state index contributed by atoms with van der Waals surface area (Å²) in [6.45, 7) is 6.00. The highest BCUT2D eigenvalue weighted by molar-refractivity contribution is 5.31. The summed E-state index contributed by atoms with van der Waals surface area (Å²) in [4.78, 5) is 0. The summed E-state index contributed by atoms with van der Waals surface area (Å²) >= 11 is 0. The lowest BCUT2D eigenvalue weighted by atomic mass is 9.92. The van der Waals surface area contributed by atoms with Gasteiger partial charge in [0.15, 0.2) is 11.6 Å². The van der Waals surface area contributed by atoms with Crippen LogP contribution in [0.2, 0.25) is 0 Å². The zero-order valence-corrected chi connectivity index (χ0v) is 12.5. The molecule has 1 fully saturated rings. The van der Waals surface area contributed by atoms with Crippen LogP contribution in [0.15, 0.2) is 18.2 Å². The molecule has 1 aromatic carbocycles. The first kappa shape index (κ1) is 15.3. The second-order valence-electron chi connectivity index (χ2n) is 5.43. The molecule has 1 aromatic rings. The quantitative estimate of drug-likeness (QED) is 0.868. The van der Waals surface area contributed by atoms with Crippen LogP contribution in [0.1, 0.15) is 38.3 Å². The highest BCUT2D eigenvalue weighted by Crippen LogP contribution is 2.32. The number of rotatable bonds is 6. The Morgan fingerprint density at radius 1 is 1.50 bits per heavy atom. The van der Waals surface area contributed by atoms with E-state index in [1.165, 1.54) is 7.11 Å². The van der Waals surface area contributed by atoms with Gasteiger partial charge in [-0.25, -0.2) is 4.39 Å². The molecule has 1 aliphatic rings. The van der Waals surface area contributed by atoms with Crippen molar-refractivity contribution in [1.29, 1.82) is 0 Å². The third kappa shape index (κ3) is 3.30. The van der Waals surface area contributed by atoms with Crippen LogP contribution in [0.4, 0.5) is 4.39 Å². The Kier molecular flexibility index (Phi) is 5.38. The van der Waals surface area contributed by atoms with E-state index in [0.717, 1.165) is 31.6 Å². The zero-order chi connectivity index (χ0) is 14.5. The van der Waals surface area contributed by atoms with Crippen molar-refractivity contribution in [2.75, 3.05) is 20.3 Å². The topological polar surface area (TPSA) is 30.5 Å². The lowest BCUT2D eigenvalue weighted by Crippen LogP contribution is -2.35. The van der Waals surface area contributed by atoms with Gasteiger partial charge in [0.25, 0.3) is 0 Å². The predicted octanol–water partition coefficient (Wildman–Crippen LogP) is 3.30. The molecular formula is C16H24FNO2. The van der Waals surface area contributed by atoms with Gasteiger partial charge in [-0.1, -0.05) is 19.9 Å². The molecule has 3 unspecified atom stereocenters. The number of halogens is 1. The number of methoxy groups -OCH3 is 1. The molecule has 0 bridgehead atoms. The van der Waals surface area contributed by atoms with Crippen molar-refractivity contribution in [3.05, 3.63) is 29.6 Å². The Labute approximate surface area is 120 Å². The molecule has 1 N–H and O–H groups in total. The molecule has 3 atom stereocenters. The van der Waals surface area contributed by atoms with Crippen LogP contribution in [0.5, 0.6) is 5.75 Å². The minimum Gasteiger partial charge on any atom is -0.494 e. The Morgan fingerprint density at radius 3 is 2.85 bits per heavy atom. The number of benzene rings is 1. The molecule has 4 heteroatoms. The summed E-state index contributed by atoms with van der Waals surface area (Å²) < 4.78 is 24.8. The minimum atomic E-state index is -0.320. The van der Waals surface area contributed by atoms with Gasteiger partial charge < -0.3 is 14.8 Å². The molecule has 0 amide bonds. The molecule has 0 spiro atoms. The van der Waals surface area contributed by atoms with Crippen LogP contribution in [-0.2, 0) is 4.74 Å². The second-order valence-corrected chi connectivity index (χ2v) is 5.43. The van der Waals surface area contributed by atoms with Crippen LogP contribution in [0, 0.1) is 11.7 Å². The molecule has 0 radical (unpaired) electrons. The number of hydrogen-bond donors (Lipinski definition) is 1. The van der Waals surface area contributed by atoms with Crippen LogP contribution in [0.25, 0.3) is 0 Å². The number of ether oxygens (including phenoxy) is 2. The summed E-state index contributed by atoms with van der Waals surface area (Å²) in [5, 5.41) is 3.49. The van der Waals surface area contributed by atoms with Gasteiger partial charge in [-0.15, -0.1) is 0 Å². The molecule has 1 heterocycles. The third-order valence-electron chi connectivity index (χ3n) is 3.92. The van der Waals surface area contributed by atoms with Crippen LogP contribution in [0.3, 0.4) is 0 Å². The molecule has 2 rings (SSSR count). The highest BCUT2D eigenvalue weighted by atomic mass is 19.1. The summed E-state index contributed by atoms with van der Waals surface area (Å²) in [7, 11) is 1.48. The Hall–Kier alpha value is -1.13. The van der Waals surface area contributed by atoms with E-state index in [1.54, 1.807) is 12.1 Å². The van der Waals surface area contributed by atoms with E-state index in [2.05, 4.69) is 19.2 Å². The van der Waals surface area contributed by atoms with Gasteiger partial charge in [-0.3, -0.25) is 0 Å². The Balaban J connectivity index is 2.23. The van der Waals surface area contributed by atoms with Crippen LogP contribution in [-0.4, -0.2) is 26.4 Å². The van der Waals surface area contributed by atoms with E-state index in [-0.39, 0.29) is 23.7 Å². The summed E-state index contributed by atoms with van der Waals surface area (Å²) in [6.07, 6.45) is 2.21. The van der Waals surface area contributed by atoms with Crippen LogP contribution >= 0.6 is 0 Å².